The van der Waals surface area contributed by atoms with E-state index in [1.165, 1.54) is 34.9 Å². The summed E-state index contributed by atoms with van der Waals surface area (Å²) in [5, 5.41) is 2.15. The molecule has 0 saturated heterocycles. The number of anilines is 1. The lowest BCUT2D eigenvalue weighted by Gasteiger charge is -2.22. The third-order valence-corrected chi connectivity index (χ3v) is 7.94. The van der Waals surface area contributed by atoms with E-state index in [0.717, 1.165) is 24.3 Å². The van der Waals surface area contributed by atoms with Crippen LogP contribution in [0.4, 0.5) is 27.6 Å². The van der Waals surface area contributed by atoms with Crippen LogP contribution in [0.2, 0.25) is 0 Å². The van der Waals surface area contributed by atoms with Crippen molar-refractivity contribution in [2.45, 2.75) is 19.5 Å². The van der Waals surface area contributed by atoms with E-state index in [2.05, 4.69) is 10.3 Å². The molecule has 2 aromatic carbocycles. The molecule has 4 heterocycles. The number of nitrogens with zero attached hydrogens (tertiary/aromatic N) is 4. The van der Waals surface area contributed by atoms with Crippen LogP contribution in [0.15, 0.2) is 54.7 Å². The molecule has 1 amide bonds. The summed E-state index contributed by atoms with van der Waals surface area (Å²) in [5.41, 5.74) is -0.646. The summed E-state index contributed by atoms with van der Waals surface area (Å²) in [6.07, 6.45) is -0.361. The second kappa shape index (κ2) is 11.4. The number of halogens is 5. The number of pyridine rings is 1. The van der Waals surface area contributed by atoms with E-state index in [1.807, 2.05) is 0 Å². The Bertz CT molecular complexity index is 2070. The molecule has 5 aromatic rings. The van der Waals surface area contributed by atoms with E-state index >= 15 is 8.78 Å². The Labute approximate surface area is 259 Å². The van der Waals surface area contributed by atoms with Crippen LogP contribution < -0.4 is 10.1 Å². The number of aromatic nitrogens is 3. The first-order valence-electron chi connectivity index (χ1n) is 14.3. The van der Waals surface area contributed by atoms with Gasteiger partial charge in [0.05, 0.1) is 28.9 Å². The molecule has 0 atom stereocenters. The molecule has 1 aliphatic heterocycles. The van der Waals surface area contributed by atoms with Crippen molar-refractivity contribution >= 4 is 33.9 Å². The predicted molar refractivity (Wildman–Crippen MR) is 162 cm³/mol. The highest BCUT2D eigenvalue weighted by molar-refractivity contribution is 6.10. The molecule has 0 bridgehead atoms. The molecular weight excluding hydrogens is 609 g/mol. The number of carbonyl (C=O) groups is 2. The van der Waals surface area contributed by atoms with Crippen LogP contribution in [-0.2, 0) is 24.4 Å². The molecule has 0 fully saturated rings. The molecule has 0 unspecified atom stereocenters. The average Bonchev–Trinajstić information content (AvgIpc) is 3.49. The van der Waals surface area contributed by atoms with Crippen LogP contribution in [0.3, 0.4) is 0 Å². The van der Waals surface area contributed by atoms with Crippen molar-refractivity contribution in [3.63, 3.8) is 0 Å². The van der Waals surface area contributed by atoms with Crippen LogP contribution in [-0.4, -0.2) is 57.8 Å². The molecule has 1 N–H and O–H groups in total. The van der Waals surface area contributed by atoms with Crippen molar-refractivity contribution in [3.8, 4) is 16.9 Å². The maximum absolute atomic E-state index is 15.1. The van der Waals surface area contributed by atoms with Crippen LogP contribution >= 0.6 is 0 Å². The van der Waals surface area contributed by atoms with Gasteiger partial charge < -0.3 is 23.9 Å². The third kappa shape index (κ3) is 5.30. The molecule has 46 heavy (non-hydrogen) atoms. The molecule has 1 aliphatic rings. The molecule has 0 aliphatic carbocycles. The normalized spacial score (nSPS) is 13.3. The minimum absolute atomic E-state index is 0.0126. The molecule has 6 rings (SSSR count). The van der Waals surface area contributed by atoms with Gasteiger partial charge in [-0.3, -0.25) is 9.59 Å². The van der Waals surface area contributed by atoms with Crippen molar-refractivity contribution in [1.29, 1.82) is 0 Å². The zero-order valence-electron chi connectivity index (χ0n) is 25.2. The second-order valence-corrected chi connectivity index (χ2v) is 11.3. The SMILES string of the molecule is Cc1nc2c3c(c(C(F)(F)F)cc2n1C)-c1cccn2c(C(=O)c4cc(F)c(NC(=O)/C=C/CN(C)C)c(F)c4)cc(c12)CCO3. The Morgan fingerprint density at radius 3 is 2.52 bits per heavy atom. The molecule has 3 aromatic heterocycles. The topological polar surface area (TPSA) is 80.9 Å². The lowest BCUT2D eigenvalue weighted by molar-refractivity contribution is -0.137. The number of carbonyl (C=O) groups excluding carboxylic acids is 2. The molecular formula is C33H28F5N5O3. The number of fused-ring (bicyclic) bond motifs is 4. The van der Waals surface area contributed by atoms with Gasteiger partial charge in [0.2, 0.25) is 11.7 Å². The lowest BCUT2D eigenvalue weighted by Crippen LogP contribution is -2.15. The average molecular weight is 638 g/mol. The van der Waals surface area contributed by atoms with E-state index in [0.29, 0.717) is 23.4 Å². The Kier molecular flexibility index (Phi) is 7.67. The molecule has 8 nitrogen and oxygen atoms in total. The largest absolute Gasteiger partial charge is 0.490 e. The third-order valence-electron chi connectivity index (χ3n) is 7.94. The van der Waals surface area contributed by atoms with Gasteiger partial charge in [0.15, 0.2) is 5.75 Å². The van der Waals surface area contributed by atoms with Crippen molar-refractivity contribution in [1.82, 2.24) is 18.9 Å². The van der Waals surface area contributed by atoms with Crippen molar-refractivity contribution in [3.05, 3.63) is 94.6 Å². The summed E-state index contributed by atoms with van der Waals surface area (Å²) in [4.78, 5) is 32.2. The summed E-state index contributed by atoms with van der Waals surface area (Å²) in [7, 11) is 5.20. The Hall–Kier alpha value is -5.04. The van der Waals surface area contributed by atoms with Gasteiger partial charge in [-0.15, -0.1) is 0 Å². The van der Waals surface area contributed by atoms with Gasteiger partial charge in [-0.1, -0.05) is 12.1 Å². The second-order valence-electron chi connectivity index (χ2n) is 11.3. The highest BCUT2D eigenvalue weighted by Crippen LogP contribution is 2.48. The molecule has 0 radical (unpaired) electrons. The van der Waals surface area contributed by atoms with Gasteiger partial charge in [0, 0.05) is 49.0 Å². The molecule has 13 heteroatoms. The van der Waals surface area contributed by atoms with E-state index in [-0.39, 0.29) is 52.2 Å². The fraction of sp³-hybridized carbons (Fsp3) is 0.242. The van der Waals surface area contributed by atoms with E-state index < -0.39 is 40.8 Å². The number of hydrogen-bond acceptors (Lipinski definition) is 5. The number of imidazole rings is 1. The van der Waals surface area contributed by atoms with Gasteiger partial charge in [-0.2, -0.15) is 13.2 Å². The Morgan fingerprint density at radius 1 is 1.13 bits per heavy atom. The number of benzene rings is 2. The van der Waals surface area contributed by atoms with Crippen LogP contribution in [0.5, 0.6) is 5.75 Å². The highest BCUT2D eigenvalue weighted by Gasteiger charge is 2.39. The van der Waals surface area contributed by atoms with Gasteiger partial charge in [-0.25, -0.2) is 13.8 Å². The van der Waals surface area contributed by atoms with Crippen molar-refractivity contribution in [2.24, 2.45) is 7.05 Å². The van der Waals surface area contributed by atoms with Crippen molar-refractivity contribution in [2.75, 3.05) is 32.6 Å². The summed E-state index contributed by atoms with van der Waals surface area (Å²) < 4.78 is 83.0. The Balaban J connectivity index is 1.47. The smallest absolute Gasteiger partial charge is 0.417 e. The minimum Gasteiger partial charge on any atom is -0.490 e. The zero-order chi connectivity index (χ0) is 33.1. The van der Waals surface area contributed by atoms with E-state index in [1.54, 1.807) is 37.5 Å². The maximum atomic E-state index is 15.1. The zero-order valence-corrected chi connectivity index (χ0v) is 25.2. The summed E-state index contributed by atoms with van der Waals surface area (Å²) >= 11 is 0. The molecule has 238 valence electrons. The number of aryl methyl sites for hydroxylation is 2. The van der Waals surface area contributed by atoms with Gasteiger partial charge in [0.1, 0.15) is 28.7 Å². The summed E-state index contributed by atoms with van der Waals surface area (Å²) in [5.74, 6) is -3.36. The number of hydrogen-bond donors (Lipinski definition) is 1. The molecule has 0 saturated carbocycles. The van der Waals surface area contributed by atoms with Crippen LogP contribution in [0.1, 0.15) is 33.0 Å². The first-order valence-corrected chi connectivity index (χ1v) is 14.3. The monoisotopic (exact) mass is 637 g/mol. The summed E-state index contributed by atoms with van der Waals surface area (Å²) in [6, 6.07) is 7.17. The standard InChI is InChI=1S/C33H28F5N5O3/c1-17-39-29-24(42(17)4)16-21(33(36,37)38)27-20-7-5-11-43-25(15-18(30(20)43)9-12-46-32(27)29)31(45)19-13-22(34)28(23(35)14-19)40-26(44)8-6-10-41(2)3/h5-8,11,13-16H,9-10,12H2,1-4H3,(H,40,44)/b8-6+. The molecule has 0 spiro atoms. The van der Waals surface area contributed by atoms with Crippen molar-refractivity contribution < 1.29 is 36.3 Å². The fourth-order valence-electron chi connectivity index (χ4n) is 5.72. The number of ketones is 1. The van der Waals surface area contributed by atoms with E-state index in [9.17, 15) is 22.8 Å². The Morgan fingerprint density at radius 2 is 1.85 bits per heavy atom. The quantitative estimate of drug-likeness (QED) is 0.134. The lowest BCUT2D eigenvalue weighted by atomic mass is 9.94. The first kappa shape index (κ1) is 31.0. The number of alkyl halides is 3. The number of nitrogens with one attached hydrogen (secondary N) is 1. The first-order chi connectivity index (χ1) is 21.8. The predicted octanol–water partition coefficient (Wildman–Crippen LogP) is 6.32. The minimum atomic E-state index is -4.76. The van der Waals surface area contributed by atoms with Gasteiger partial charge in [0.25, 0.3) is 0 Å². The number of likely N-dealkylation sites (N-methyl/N-ethyl adjacent to an activating group) is 1. The fourth-order valence-corrected chi connectivity index (χ4v) is 5.72. The summed E-state index contributed by atoms with van der Waals surface area (Å²) in [6.45, 7) is 2.10. The van der Waals surface area contributed by atoms with Crippen LogP contribution in [0, 0.1) is 18.6 Å². The van der Waals surface area contributed by atoms with Gasteiger partial charge in [-0.05, 0) is 56.9 Å². The maximum Gasteiger partial charge on any atom is 0.417 e. The number of amides is 1. The van der Waals surface area contributed by atoms with Crippen LogP contribution in [0.25, 0.3) is 27.7 Å². The number of rotatable bonds is 6. The number of ether oxygens (including phenoxy) is 1. The van der Waals surface area contributed by atoms with Gasteiger partial charge >= 0.3 is 6.18 Å². The van der Waals surface area contributed by atoms with E-state index in [4.69, 9.17) is 4.74 Å². The highest BCUT2D eigenvalue weighted by atomic mass is 19.4.